The lowest BCUT2D eigenvalue weighted by molar-refractivity contribution is 0.0940. The number of hydrogen-bond acceptors (Lipinski definition) is 3. The summed E-state index contributed by atoms with van der Waals surface area (Å²) < 4.78 is 14.7. The smallest absolute Gasteiger partial charge is 0.266 e. The topological polar surface area (TPSA) is 66.9 Å². The van der Waals surface area contributed by atoms with Crippen LogP contribution in [0.4, 0.5) is 4.39 Å². The largest absolute Gasteiger partial charge is 0.346 e. The van der Waals surface area contributed by atoms with Crippen LogP contribution < -0.4 is 10.9 Å². The van der Waals surface area contributed by atoms with Gasteiger partial charge in [0.2, 0.25) is 0 Å². The molecule has 0 bridgehead atoms. The summed E-state index contributed by atoms with van der Waals surface area (Å²) in [6.45, 7) is 1.87. The normalized spacial score (nSPS) is 12.0. The highest BCUT2D eigenvalue weighted by atomic mass is 35.5. The quantitative estimate of drug-likeness (QED) is 0.410. The second kappa shape index (κ2) is 8.45. The Balaban J connectivity index is 1.66. The van der Waals surface area contributed by atoms with Crippen molar-refractivity contribution >= 4 is 40.6 Å². The number of nitrogens with zero attached hydrogens (tertiary/aromatic N) is 1. The van der Waals surface area contributed by atoms with Crippen LogP contribution in [0.5, 0.6) is 0 Å². The molecule has 1 aromatic heterocycles. The minimum atomic E-state index is -0.407. The van der Waals surface area contributed by atoms with Gasteiger partial charge in [-0.1, -0.05) is 23.7 Å². The highest BCUT2D eigenvalue weighted by Crippen LogP contribution is 2.18. The van der Waals surface area contributed by atoms with Crippen LogP contribution in [0.3, 0.4) is 0 Å². The maximum Gasteiger partial charge on any atom is 0.266 e. The highest BCUT2D eigenvalue weighted by Gasteiger charge is 2.14. The first-order valence-electron chi connectivity index (χ1n) is 9.45. The second-order valence-corrected chi connectivity index (χ2v) is 7.88. The van der Waals surface area contributed by atoms with Crippen LogP contribution >= 0.6 is 23.8 Å². The van der Waals surface area contributed by atoms with Crippen molar-refractivity contribution in [3.05, 3.63) is 104 Å². The Morgan fingerprint density at radius 1 is 1.10 bits per heavy atom. The number of aromatic amines is 1. The van der Waals surface area contributed by atoms with E-state index in [9.17, 15) is 14.0 Å². The third kappa shape index (κ3) is 4.28. The fourth-order valence-corrected chi connectivity index (χ4v) is 3.72. The van der Waals surface area contributed by atoms with E-state index in [1.54, 1.807) is 30.3 Å². The predicted molar refractivity (Wildman–Crippen MR) is 122 cm³/mol. The van der Waals surface area contributed by atoms with Gasteiger partial charge >= 0.3 is 0 Å². The van der Waals surface area contributed by atoms with Gasteiger partial charge in [-0.25, -0.2) is 4.39 Å². The van der Waals surface area contributed by atoms with E-state index >= 15 is 0 Å². The number of hydrogen-bond donors (Lipinski definition) is 2. The number of amides is 1. The number of nitrogens with one attached hydrogen (secondary N) is 2. The Kier molecular flexibility index (Phi) is 5.71. The molecule has 1 atom stereocenters. The SMILES string of the molecule is C[C@H](NC(=O)c1ccc2c(=O)n(-c3ccc(F)cc3)c(=S)[nH]c2c1)c1ccc(Cl)cc1. The standard InChI is InChI=1S/C23H17ClFN3O2S/c1-13(14-2-5-16(24)6-3-14)26-21(29)15-4-11-19-20(12-15)27-23(31)28(22(19)30)18-9-7-17(25)8-10-18/h2-13H,1H3,(H,26,29)(H,27,31)/t13-/m0/s1. The number of H-pyrrole nitrogens is 1. The zero-order valence-electron chi connectivity index (χ0n) is 16.4. The lowest BCUT2D eigenvalue weighted by Gasteiger charge is -2.15. The lowest BCUT2D eigenvalue weighted by Crippen LogP contribution is -2.27. The number of benzene rings is 3. The van der Waals surface area contributed by atoms with Gasteiger partial charge in [-0.05, 0) is 79.3 Å². The Labute approximate surface area is 187 Å². The van der Waals surface area contributed by atoms with E-state index in [-0.39, 0.29) is 22.3 Å². The van der Waals surface area contributed by atoms with Crippen LogP contribution in [-0.2, 0) is 0 Å². The van der Waals surface area contributed by atoms with Crippen molar-refractivity contribution in [3.63, 3.8) is 0 Å². The van der Waals surface area contributed by atoms with Gasteiger partial charge < -0.3 is 10.3 Å². The zero-order valence-corrected chi connectivity index (χ0v) is 17.9. The summed E-state index contributed by atoms with van der Waals surface area (Å²) in [7, 11) is 0. The van der Waals surface area contributed by atoms with E-state index in [2.05, 4.69) is 10.3 Å². The molecule has 0 aliphatic carbocycles. The number of aromatic nitrogens is 2. The molecule has 8 heteroatoms. The molecule has 0 aliphatic rings. The minimum absolute atomic E-state index is 0.149. The summed E-state index contributed by atoms with van der Waals surface area (Å²) in [6.07, 6.45) is 0. The monoisotopic (exact) mass is 453 g/mol. The molecule has 156 valence electrons. The van der Waals surface area contributed by atoms with E-state index in [1.807, 2.05) is 19.1 Å². The Morgan fingerprint density at radius 2 is 1.77 bits per heavy atom. The number of carbonyl (C=O) groups is 1. The highest BCUT2D eigenvalue weighted by molar-refractivity contribution is 7.71. The minimum Gasteiger partial charge on any atom is -0.346 e. The molecule has 3 aromatic carbocycles. The predicted octanol–water partition coefficient (Wildman–Crippen LogP) is 5.33. The molecule has 0 radical (unpaired) electrons. The van der Waals surface area contributed by atoms with Crippen molar-refractivity contribution in [2.75, 3.05) is 0 Å². The van der Waals surface area contributed by atoms with Gasteiger partial charge in [0.25, 0.3) is 11.5 Å². The fourth-order valence-electron chi connectivity index (χ4n) is 3.30. The van der Waals surface area contributed by atoms with Crippen LogP contribution in [0.1, 0.15) is 28.9 Å². The van der Waals surface area contributed by atoms with Crippen molar-refractivity contribution in [2.45, 2.75) is 13.0 Å². The van der Waals surface area contributed by atoms with Gasteiger partial charge in [-0.15, -0.1) is 0 Å². The van der Waals surface area contributed by atoms with Gasteiger partial charge in [0.1, 0.15) is 5.82 Å². The molecule has 1 amide bonds. The molecule has 2 N–H and O–H groups in total. The molecule has 5 nitrogen and oxygen atoms in total. The summed E-state index contributed by atoms with van der Waals surface area (Å²) in [5, 5.41) is 3.91. The first-order valence-corrected chi connectivity index (χ1v) is 10.2. The molecule has 4 rings (SSSR count). The molecule has 4 aromatic rings. The number of fused-ring (bicyclic) bond motifs is 1. The van der Waals surface area contributed by atoms with Gasteiger partial charge in [0.05, 0.1) is 22.6 Å². The van der Waals surface area contributed by atoms with E-state index < -0.39 is 5.82 Å². The maximum absolute atomic E-state index is 13.2. The first-order chi connectivity index (χ1) is 14.8. The summed E-state index contributed by atoms with van der Waals surface area (Å²) in [4.78, 5) is 28.7. The zero-order chi connectivity index (χ0) is 22.1. The van der Waals surface area contributed by atoms with Crippen molar-refractivity contribution in [1.29, 1.82) is 0 Å². The summed E-state index contributed by atoms with van der Waals surface area (Å²) >= 11 is 11.3. The lowest BCUT2D eigenvalue weighted by atomic mass is 10.1. The fraction of sp³-hybridized carbons (Fsp3) is 0.0870. The van der Waals surface area contributed by atoms with Gasteiger partial charge in [-0.3, -0.25) is 14.2 Å². The molecular formula is C23H17ClFN3O2S. The molecule has 1 heterocycles. The summed E-state index contributed by atoms with van der Waals surface area (Å²) in [5.74, 6) is -0.692. The maximum atomic E-state index is 13.2. The molecule has 0 spiro atoms. The molecule has 0 saturated heterocycles. The van der Waals surface area contributed by atoms with Gasteiger partial charge in [0.15, 0.2) is 4.77 Å². The van der Waals surface area contributed by atoms with Crippen LogP contribution in [0, 0.1) is 10.6 Å². The molecule has 0 fully saturated rings. The van der Waals surface area contributed by atoms with Crippen LogP contribution in [0.25, 0.3) is 16.6 Å². The molecule has 31 heavy (non-hydrogen) atoms. The summed E-state index contributed by atoms with van der Waals surface area (Å²) in [6, 6.07) is 17.2. The van der Waals surface area contributed by atoms with Crippen LogP contribution in [0.15, 0.2) is 71.5 Å². The average Bonchev–Trinajstić information content (AvgIpc) is 2.75. The van der Waals surface area contributed by atoms with Crippen molar-refractivity contribution in [1.82, 2.24) is 14.9 Å². The van der Waals surface area contributed by atoms with Crippen molar-refractivity contribution < 1.29 is 9.18 Å². The van der Waals surface area contributed by atoms with E-state index in [4.69, 9.17) is 23.8 Å². The third-order valence-corrected chi connectivity index (χ3v) is 5.50. The third-order valence-electron chi connectivity index (χ3n) is 4.96. The van der Waals surface area contributed by atoms with Gasteiger partial charge in [0, 0.05) is 10.6 Å². The summed E-state index contributed by atoms with van der Waals surface area (Å²) in [5.41, 5.74) is 1.85. The number of halogens is 2. The second-order valence-electron chi connectivity index (χ2n) is 7.05. The Morgan fingerprint density at radius 3 is 2.45 bits per heavy atom. The number of carbonyl (C=O) groups excluding carboxylic acids is 1. The van der Waals surface area contributed by atoms with Crippen molar-refractivity contribution in [2.24, 2.45) is 0 Å². The molecule has 0 unspecified atom stereocenters. The van der Waals surface area contributed by atoms with Crippen molar-refractivity contribution in [3.8, 4) is 5.69 Å². The van der Waals surface area contributed by atoms with Gasteiger partial charge in [-0.2, -0.15) is 0 Å². The molecule has 0 saturated carbocycles. The van der Waals surface area contributed by atoms with Crippen LogP contribution in [-0.4, -0.2) is 15.5 Å². The Bertz CT molecular complexity index is 1400. The Hall–Kier alpha value is -3.29. The first kappa shape index (κ1) is 21.0. The van der Waals surface area contributed by atoms with E-state index in [0.29, 0.717) is 27.2 Å². The average molecular weight is 454 g/mol. The van der Waals surface area contributed by atoms with Crippen LogP contribution in [0.2, 0.25) is 5.02 Å². The molecular weight excluding hydrogens is 437 g/mol. The molecule has 0 aliphatic heterocycles. The van der Waals surface area contributed by atoms with E-state index in [0.717, 1.165) is 5.56 Å². The number of rotatable bonds is 4. The van der Waals surface area contributed by atoms with E-state index in [1.165, 1.54) is 28.8 Å².